The van der Waals surface area contributed by atoms with Gasteiger partial charge in [0.05, 0.1) is 14.8 Å². The maximum atomic E-state index is 12.1. The number of non-ortho nitro benzene ring substituents is 3. The van der Waals surface area contributed by atoms with Gasteiger partial charge in [0.1, 0.15) is 5.82 Å². The van der Waals surface area contributed by atoms with Crippen LogP contribution in [0.1, 0.15) is 0 Å². The molecule has 0 N–H and O–H groups in total. The van der Waals surface area contributed by atoms with E-state index >= 15 is 0 Å². The summed E-state index contributed by atoms with van der Waals surface area (Å²) >= 11 is 0. The lowest BCUT2D eigenvalue weighted by atomic mass is 10.3. The van der Waals surface area contributed by atoms with E-state index in [9.17, 15) is 34.7 Å². The molecule has 0 heterocycles. The second-order valence-corrected chi connectivity index (χ2v) is 3.76. The first kappa shape index (κ1) is 16.6. The Labute approximate surface area is 122 Å². The summed E-state index contributed by atoms with van der Waals surface area (Å²) in [6, 6.07) is 8.73. The Morgan fingerprint density at radius 2 is 0.818 bits per heavy atom. The number of halogens is 1. The lowest BCUT2D eigenvalue weighted by molar-refractivity contribution is -0.389. The highest BCUT2D eigenvalue weighted by atomic mass is 19.1. The summed E-state index contributed by atoms with van der Waals surface area (Å²) in [6.45, 7) is 0. The topological polar surface area (TPSA) is 129 Å². The Morgan fingerprint density at radius 1 is 0.591 bits per heavy atom. The maximum Gasteiger partial charge on any atom is 0.269 e. The summed E-state index contributed by atoms with van der Waals surface area (Å²) < 4.78 is 12.1. The largest absolute Gasteiger partial charge is 0.269 e. The van der Waals surface area contributed by atoms with Gasteiger partial charge in [-0.15, -0.1) is 0 Å². The van der Waals surface area contributed by atoms with E-state index in [1.807, 2.05) is 0 Å². The zero-order valence-corrected chi connectivity index (χ0v) is 10.8. The van der Waals surface area contributed by atoms with Gasteiger partial charge in [-0.3, -0.25) is 30.3 Å². The number of nitro benzene ring substituents is 3. The quantitative estimate of drug-likeness (QED) is 0.632. The van der Waals surface area contributed by atoms with Crippen molar-refractivity contribution < 1.29 is 19.2 Å². The summed E-state index contributed by atoms with van der Waals surface area (Å²) in [5.41, 5.74) is -0.400. The monoisotopic (exact) mass is 309 g/mol. The van der Waals surface area contributed by atoms with E-state index in [-0.39, 0.29) is 17.1 Å². The minimum atomic E-state index is -0.607. The molecule has 0 bridgehead atoms. The van der Waals surface area contributed by atoms with Crippen molar-refractivity contribution in [3.63, 3.8) is 0 Å². The molecule has 0 unspecified atom stereocenters. The van der Waals surface area contributed by atoms with Gasteiger partial charge in [0.2, 0.25) is 0 Å². The Bertz CT molecular complexity index is 654. The van der Waals surface area contributed by atoms with Crippen LogP contribution in [0, 0.1) is 36.2 Å². The van der Waals surface area contributed by atoms with Crippen molar-refractivity contribution in [2.75, 3.05) is 0 Å². The maximum absolute atomic E-state index is 12.1. The molecule has 2 aromatic rings. The van der Waals surface area contributed by atoms with Crippen LogP contribution < -0.4 is 0 Å². The fourth-order valence-electron chi connectivity index (χ4n) is 1.26. The third kappa shape index (κ3) is 4.92. The van der Waals surface area contributed by atoms with Crippen LogP contribution in [-0.2, 0) is 0 Å². The molecular weight excluding hydrogens is 301 g/mol. The smallest absolute Gasteiger partial charge is 0.258 e. The van der Waals surface area contributed by atoms with Crippen LogP contribution in [0.25, 0.3) is 0 Å². The van der Waals surface area contributed by atoms with Crippen molar-refractivity contribution >= 4 is 17.1 Å². The molecule has 0 fully saturated rings. The molecule has 0 aliphatic heterocycles. The predicted octanol–water partition coefficient (Wildman–Crippen LogP) is 3.24. The zero-order valence-electron chi connectivity index (χ0n) is 10.8. The molecule has 0 aromatic heterocycles. The number of hydrogen-bond acceptors (Lipinski definition) is 6. The molecular formula is C12H8FN3O6. The molecule has 0 aliphatic carbocycles. The van der Waals surface area contributed by atoms with Crippen molar-refractivity contribution in [3.05, 3.63) is 84.7 Å². The van der Waals surface area contributed by atoms with Crippen molar-refractivity contribution in [2.45, 2.75) is 0 Å². The number of nitro groups is 3. The van der Waals surface area contributed by atoms with E-state index in [2.05, 4.69) is 0 Å². The van der Waals surface area contributed by atoms with Gasteiger partial charge >= 0.3 is 0 Å². The minimum Gasteiger partial charge on any atom is -0.258 e. The van der Waals surface area contributed by atoms with Crippen LogP contribution >= 0.6 is 0 Å². The summed E-state index contributed by atoms with van der Waals surface area (Å²) in [5, 5.41) is 30.2. The van der Waals surface area contributed by atoms with Gasteiger partial charge in [0.15, 0.2) is 0 Å². The summed E-state index contributed by atoms with van der Waals surface area (Å²) in [5.74, 6) is -0.467. The zero-order chi connectivity index (χ0) is 16.7. The molecule has 0 aliphatic rings. The molecule has 2 rings (SSSR count). The molecule has 0 amide bonds. The second kappa shape index (κ2) is 7.38. The normalized spacial score (nSPS) is 9.32. The molecule has 0 saturated carbocycles. The van der Waals surface area contributed by atoms with E-state index < -0.39 is 20.6 Å². The molecule has 0 atom stereocenters. The Morgan fingerprint density at radius 3 is 1.05 bits per heavy atom. The standard InChI is InChI=1S/C6H4FNO2.C6H4N2O4/c7-5-1-3-6(4-2-5)8(9)10;9-7(10)5-1-2-6(4-3-5)8(11)12/h1-4H;1-4H. The number of rotatable bonds is 3. The third-order valence-corrected chi connectivity index (χ3v) is 2.31. The average Bonchev–Trinajstić information content (AvgIpc) is 2.48. The van der Waals surface area contributed by atoms with Gasteiger partial charge in [0, 0.05) is 36.4 Å². The van der Waals surface area contributed by atoms with Crippen molar-refractivity contribution in [2.24, 2.45) is 0 Å². The van der Waals surface area contributed by atoms with Gasteiger partial charge < -0.3 is 0 Å². The first-order chi connectivity index (χ1) is 10.3. The predicted molar refractivity (Wildman–Crippen MR) is 72.8 cm³/mol. The van der Waals surface area contributed by atoms with Crippen molar-refractivity contribution in [1.29, 1.82) is 0 Å². The van der Waals surface area contributed by atoms with Crippen LogP contribution in [0.3, 0.4) is 0 Å². The molecule has 0 saturated heterocycles. The fraction of sp³-hybridized carbons (Fsp3) is 0. The Balaban J connectivity index is 0.000000224. The van der Waals surface area contributed by atoms with Crippen molar-refractivity contribution in [1.82, 2.24) is 0 Å². The summed E-state index contributed by atoms with van der Waals surface area (Å²) in [4.78, 5) is 28.4. The molecule has 9 nitrogen and oxygen atoms in total. The SMILES string of the molecule is O=[N+]([O-])c1ccc(F)cc1.O=[N+]([O-])c1ccc([N+](=O)[O-])cc1. The number of benzene rings is 2. The van der Waals surface area contributed by atoms with Crippen LogP contribution in [0.2, 0.25) is 0 Å². The van der Waals surface area contributed by atoms with E-state index in [1.165, 1.54) is 0 Å². The Kier molecular flexibility index (Phi) is 5.58. The van der Waals surface area contributed by atoms with Gasteiger partial charge in [-0.2, -0.15) is 0 Å². The third-order valence-electron chi connectivity index (χ3n) is 2.31. The highest BCUT2D eigenvalue weighted by Gasteiger charge is 2.08. The summed E-state index contributed by atoms with van der Waals surface area (Å²) in [6.07, 6.45) is 0. The average molecular weight is 309 g/mol. The van der Waals surface area contributed by atoms with Gasteiger partial charge in [-0.05, 0) is 12.1 Å². The van der Waals surface area contributed by atoms with Crippen molar-refractivity contribution in [3.8, 4) is 0 Å². The fourth-order valence-corrected chi connectivity index (χ4v) is 1.26. The molecule has 10 heteroatoms. The van der Waals surface area contributed by atoms with Gasteiger partial charge in [-0.25, -0.2) is 4.39 Å². The molecule has 2 aromatic carbocycles. The van der Waals surface area contributed by atoms with E-state index in [0.29, 0.717) is 0 Å². The van der Waals surface area contributed by atoms with E-state index in [1.54, 1.807) is 0 Å². The second-order valence-electron chi connectivity index (χ2n) is 3.76. The molecule has 0 spiro atoms. The van der Waals surface area contributed by atoms with Crippen LogP contribution in [0.5, 0.6) is 0 Å². The lowest BCUT2D eigenvalue weighted by Gasteiger charge is -1.90. The first-order valence-corrected chi connectivity index (χ1v) is 5.60. The highest BCUT2D eigenvalue weighted by Crippen LogP contribution is 2.16. The molecule has 114 valence electrons. The first-order valence-electron chi connectivity index (χ1n) is 5.60. The van der Waals surface area contributed by atoms with Crippen LogP contribution in [-0.4, -0.2) is 14.8 Å². The Hall–Kier alpha value is -3.43. The van der Waals surface area contributed by atoms with E-state index in [4.69, 9.17) is 0 Å². The van der Waals surface area contributed by atoms with Crippen LogP contribution in [0.4, 0.5) is 21.5 Å². The van der Waals surface area contributed by atoms with Gasteiger partial charge in [-0.1, -0.05) is 0 Å². The highest BCUT2D eigenvalue weighted by molar-refractivity contribution is 5.39. The van der Waals surface area contributed by atoms with Gasteiger partial charge in [0.25, 0.3) is 17.1 Å². The van der Waals surface area contributed by atoms with Crippen LogP contribution in [0.15, 0.2) is 48.5 Å². The summed E-state index contributed by atoms with van der Waals surface area (Å²) in [7, 11) is 0. The number of hydrogen-bond donors (Lipinski definition) is 0. The lowest BCUT2D eigenvalue weighted by Crippen LogP contribution is -1.90. The number of nitrogens with zero attached hydrogens (tertiary/aromatic N) is 3. The molecule has 22 heavy (non-hydrogen) atoms. The van der Waals surface area contributed by atoms with E-state index in [0.717, 1.165) is 48.5 Å². The minimum absolute atomic E-state index is 0.0959. The molecule has 0 radical (unpaired) electrons.